The molecule has 9 heteroatoms. The van der Waals surface area contributed by atoms with Crippen molar-refractivity contribution in [3.05, 3.63) is 22.7 Å². The van der Waals surface area contributed by atoms with E-state index in [1.807, 2.05) is 6.92 Å². The van der Waals surface area contributed by atoms with Crippen LogP contribution in [-0.4, -0.2) is 53.1 Å². The summed E-state index contributed by atoms with van der Waals surface area (Å²) in [5, 5.41) is 3.13. The van der Waals surface area contributed by atoms with Crippen LogP contribution in [0.1, 0.15) is 6.92 Å². The number of rotatable bonds is 3. The summed E-state index contributed by atoms with van der Waals surface area (Å²) in [5.41, 5.74) is 0. The second kappa shape index (κ2) is 5.96. The van der Waals surface area contributed by atoms with Crippen LogP contribution in [0.5, 0.6) is 0 Å². The molecule has 1 N–H and O–H groups in total. The number of sulfone groups is 1. The van der Waals surface area contributed by atoms with E-state index in [0.717, 1.165) is 6.26 Å². The van der Waals surface area contributed by atoms with Gasteiger partial charge in [0.25, 0.3) is 0 Å². The highest BCUT2D eigenvalue weighted by atomic mass is 79.9. The number of hydrogen-bond donors (Lipinski definition) is 1. The predicted octanol–water partition coefficient (Wildman–Crippen LogP) is 0.835. The van der Waals surface area contributed by atoms with Gasteiger partial charge in [-0.25, -0.2) is 16.8 Å². The van der Waals surface area contributed by atoms with Crippen LogP contribution in [0.4, 0.5) is 0 Å². The number of halogens is 1. The van der Waals surface area contributed by atoms with Crippen LogP contribution < -0.4 is 5.32 Å². The summed E-state index contributed by atoms with van der Waals surface area (Å²) in [4.78, 5) is 0.172. The van der Waals surface area contributed by atoms with Gasteiger partial charge < -0.3 is 5.32 Å². The zero-order chi connectivity index (χ0) is 15.8. The number of nitrogens with one attached hydrogen (secondary N) is 1. The third-order valence-electron chi connectivity index (χ3n) is 3.36. The Morgan fingerprint density at radius 3 is 2.48 bits per heavy atom. The lowest BCUT2D eigenvalue weighted by Gasteiger charge is -2.33. The molecule has 21 heavy (non-hydrogen) atoms. The third kappa shape index (κ3) is 3.48. The summed E-state index contributed by atoms with van der Waals surface area (Å²) in [6.07, 6.45) is 1.08. The van der Waals surface area contributed by atoms with E-state index in [0.29, 0.717) is 19.6 Å². The number of nitrogens with zero attached hydrogens (tertiary/aromatic N) is 1. The maximum atomic E-state index is 12.7. The van der Waals surface area contributed by atoms with Crippen molar-refractivity contribution < 1.29 is 16.8 Å². The van der Waals surface area contributed by atoms with Gasteiger partial charge in [0.05, 0.1) is 9.79 Å². The van der Waals surface area contributed by atoms with Crippen molar-refractivity contribution in [1.29, 1.82) is 0 Å². The molecule has 0 spiro atoms. The summed E-state index contributed by atoms with van der Waals surface area (Å²) < 4.78 is 50.1. The Balaban J connectivity index is 2.46. The average molecular weight is 397 g/mol. The second-order valence-corrected chi connectivity index (χ2v) is 9.76. The first-order valence-corrected chi connectivity index (χ1v) is 10.5. The lowest BCUT2D eigenvalue weighted by atomic mass is 10.3. The average Bonchev–Trinajstić information content (AvgIpc) is 2.37. The molecule has 118 valence electrons. The second-order valence-electron chi connectivity index (χ2n) is 5.03. The molecule has 0 aliphatic carbocycles. The molecule has 6 nitrogen and oxygen atoms in total. The lowest BCUT2D eigenvalue weighted by Crippen LogP contribution is -2.52. The molecule has 1 aliphatic rings. The minimum absolute atomic E-state index is 0.0849. The van der Waals surface area contributed by atoms with Gasteiger partial charge >= 0.3 is 0 Å². The van der Waals surface area contributed by atoms with E-state index in [1.54, 1.807) is 0 Å². The van der Waals surface area contributed by atoms with Crippen molar-refractivity contribution in [3.8, 4) is 0 Å². The van der Waals surface area contributed by atoms with Crippen molar-refractivity contribution in [2.45, 2.75) is 22.8 Å². The smallest absolute Gasteiger partial charge is 0.244 e. The zero-order valence-electron chi connectivity index (χ0n) is 11.7. The van der Waals surface area contributed by atoms with Gasteiger partial charge in [-0.15, -0.1) is 0 Å². The summed E-state index contributed by atoms with van der Waals surface area (Å²) in [6, 6.07) is 3.84. The molecule has 1 atom stereocenters. The summed E-state index contributed by atoms with van der Waals surface area (Å²) in [5.74, 6) is 0. The van der Waals surface area contributed by atoms with Crippen LogP contribution in [0.25, 0.3) is 0 Å². The Kier molecular flexibility index (Phi) is 4.79. The van der Waals surface area contributed by atoms with Gasteiger partial charge in [0.15, 0.2) is 9.84 Å². The quantitative estimate of drug-likeness (QED) is 0.817. The van der Waals surface area contributed by atoms with Crippen LogP contribution in [0.3, 0.4) is 0 Å². The summed E-state index contributed by atoms with van der Waals surface area (Å²) in [6.45, 7) is 3.42. The Hall–Kier alpha value is -0.480. The maximum absolute atomic E-state index is 12.7. The number of benzene rings is 1. The fourth-order valence-corrected chi connectivity index (χ4v) is 5.70. The molecule has 2 rings (SSSR count). The van der Waals surface area contributed by atoms with E-state index in [2.05, 4.69) is 21.2 Å². The van der Waals surface area contributed by atoms with Crippen LogP contribution in [0.2, 0.25) is 0 Å². The van der Waals surface area contributed by atoms with Crippen LogP contribution in [-0.2, 0) is 19.9 Å². The van der Waals surface area contributed by atoms with Crippen LogP contribution in [0, 0.1) is 0 Å². The molecule has 1 aromatic carbocycles. The third-order valence-corrected chi connectivity index (χ3v) is 7.46. The summed E-state index contributed by atoms with van der Waals surface area (Å²) in [7, 11) is -7.02. The number of sulfonamides is 1. The van der Waals surface area contributed by atoms with Gasteiger partial charge in [-0.2, -0.15) is 4.31 Å². The Labute approximate surface area is 133 Å². The highest BCUT2D eigenvalue weighted by Crippen LogP contribution is 2.29. The van der Waals surface area contributed by atoms with Gasteiger partial charge in [0, 0.05) is 36.4 Å². The first-order valence-electron chi connectivity index (χ1n) is 6.36. The zero-order valence-corrected chi connectivity index (χ0v) is 14.9. The largest absolute Gasteiger partial charge is 0.314 e. The van der Waals surface area contributed by atoms with Gasteiger partial charge in [-0.1, -0.05) is 0 Å². The van der Waals surface area contributed by atoms with Crippen LogP contribution >= 0.6 is 15.9 Å². The van der Waals surface area contributed by atoms with Gasteiger partial charge in [-0.05, 0) is 41.1 Å². The minimum Gasteiger partial charge on any atom is -0.314 e. The highest BCUT2D eigenvalue weighted by molar-refractivity contribution is 9.10. The van der Waals surface area contributed by atoms with E-state index < -0.39 is 19.9 Å². The molecule has 1 aromatic rings. The van der Waals surface area contributed by atoms with Crippen LogP contribution in [0.15, 0.2) is 32.5 Å². The lowest BCUT2D eigenvalue weighted by molar-refractivity contribution is 0.283. The summed E-state index contributed by atoms with van der Waals surface area (Å²) >= 11 is 3.18. The monoisotopic (exact) mass is 396 g/mol. The molecule has 1 aliphatic heterocycles. The predicted molar refractivity (Wildman–Crippen MR) is 83.5 cm³/mol. The standard InChI is InChI=1S/C12H17BrN2O4S2/c1-9-8-14-5-6-15(9)21(18,19)12-4-3-10(7-11(12)13)20(2,16)17/h3-4,7,9,14H,5-6,8H2,1-2H3/t9-/m0/s1. The molecule has 1 saturated heterocycles. The van der Waals surface area contributed by atoms with Crippen molar-refractivity contribution in [1.82, 2.24) is 9.62 Å². The van der Waals surface area contributed by atoms with Crippen molar-refractivity contribution in [3.63, 3.8) is 0 Å². The Morgan fingerprint density at radius 1 is 1.29 bits per heavy atom. The molecule has 0 saturated carbocycles. The molecule has 0 amide bonds. The minimum atomic E-state index is -3.65. The molecular weight excluding hydrogens is 380 g/mol. The molecule has 0 radical (unpaired) electrons. The van der Waals surface area contributed by atoms with Crippen molar-refractivity contribution >= 4 is 35.8 Å². The number of hydrogen-bond acceptors (Lipinski definition) is 5. The first-order chi connectivity index (χ1) is 9.64. The number of piperazine rings is 1. The topological polar surface area (TPSA) is 83.6 Å². The molecule has 1 heterocycles. The van der Waals surface area contributed by atoms with Crippen molar-refractivity contribution in [2.75, 3.05) is 25.9 Å². The van der Waals surface area contributed by atoms with Gasteiger partial charge in [0.1, 0.15) is 0 Å². The fourth-order valence-electron chi connectivity index (χ4n) is 2.23. The molecule has 0 unspecified atom stereocenters. The van der Waals surface area contributed by atoms with E-state index >= 15 is 0 Å². The van der Waals surface area contributed by atoms with E-state index in [1.165, 1.54) is 22.5 Å². The molecule has 1 fully saturated rings. The highest BCUT2D eigenvalue weighted by Gasteiger charge is 2.32. The fraction of sp³-hybridized carbons (Fsp3) is 0.500. The van der Waals surface area contributed by atoms with E-state index in [-0.39, 0.29) is 20.3 Å². The Bertz CT molecular complexity index is 747. The molecule has 0 aromatic heterocycles. The van der Waals surface area contributed by atoms with Crippen molar-refractivity contribution in [2.24, 2.45) is 0 Å². The Morgan fingerprint density at radius 2 is 1.95 bits per heavy atom. The van der Waals surface area contributed by atoms with E-state index in [4.69, 9.17) is 0 Å². The van der Waals surface area contributed by atoms with E-state index in [9.17, 15) is 16.8 Å². The molecule has 0 bridgehead atoms. The SMILES string of the molecule is C[C@H]1CNCCN1S(=O)(=O)c1ccc(S(C)(=O)=O)cc1Br. The maximum Gasteiger partial charge on any atom is 0.244 e. The first kappa shape index (κ1) is 16.9. The normalized spacial score (nSPS) is 21.4. The molecular formula is C12H17BrN2O4S2. The van der Waals surface area contributed by atoms with Gasteiger partial charge in [-0.3, -0.25) is 0 Å². The van der Waals surface area contributed by atoms with Gasteiger partial charge in [0.2, 0.25) is 10.0 Å².